The summed E-state index contributed by atoms with van der Waals surface area (Å²) in [6, 6.07) is 13.9. The lowest BCUT2D eigenvalue weighted by molar-refractivity contribution is -0.383. The first-order chi connectivity index (χ1) is 16.1. The molecule has 0 saturated heterocycles. The number of nitro benzene ring substituents is 1. The molecule has 2 aromatic carbocycles. The average molecular weight is 502 g/mol. The summed E-state index contributed by atoms with van der Waals surface area (Å²) >= 11 is 0. The van der Waals surface area contributed by atoms with Crippen molar-refractivity contribution in [2.75, 3.05) is 6.79 Å². The summed E-state index contributed by atoms with van der Waals surface area (Å²) in [6.07, 6.45) is 0.906. The predicted molar refractivity (Wildman–Crippen MR) is 134 cm³/mol. The quantitative estimate of drug-likeness (QED) is 0.210. The summed E-state index contributed by atoms with van der Waals surface area (Å²) < 4.78 is 16.0. The molecule has 0 aliphatic heterocycles. The number of amides is 1. The van der Waals surface area contributed by atoms with Gasteiger partial charge in [-0.25, -0.2) is 9.59 Å². The van der Waals surface area contributed by atoms with Crippen molar-refractivity contribution in [1.29, 1.82) is 0 Å². The number of fused-ring (bicyclic) bond motifs is 1. The fourth-order valence-electron chi connectivity index (χ4n) is 3.15. The lowest BCUT2D eigenvalue weighted by Gasteiger charge is -2.23. The zero-order valence-electron chi connectivity index (χ0n) is 19.5. The van der Waals surface area contributed by atoms with Crippen LogP contribution in [0.25, 0.3) is 10.9 Å². The number of nitrogens with zero attached hydrogens (tertiary/aromatic N) is 2. The van der Waals surface area contributed by atoms with E-state index in [1.807, 2.05) is 30.3 Å². The molecule has 1 atom stereocenters. The van der Waals surface area contributed by atoms with Crippen LogP contribution in [0.4, 0.5) is 10.5 Å². The van der Waals surface area contributed by atoms with Crippen LogP contribution in [0.15, 0.2) is 60.8 Å². The predicted octanol–water partition coefficient (Wildman–Crippen LogP) is 4.27. The Morgan fingerprint density at radius 1 is 1.09 bits per heavy atom. The summed E-state index contributed by atoms with van der Waals surface area (Å²) in [7, 11) is 0. The maximum atomic E-state index is 12.8. The number of esters is 1. The number of rotatable bonds is 8. The minimum absolute atomic E-state index is 0. The maximum absolute atomic E-state index is 12.8. The molecule has 186 valence electrons. The first-order valence-corrected chi connectivity index (χ1v) is 10.5. The van der Waals surface area contributed by atoms with Crippen LogP contribution in [-0.2, 0) is 20.7 Å². The highest BCUT2D eigenvalue weighted by Crippen LogP contribution is 2.31. The highest BCUT2D eigenvalue weighted by molar-refractivity contribution is 7.59. The summed E-state index contributed by atoms with van der Waals surface area (Å²) in [4.78, 5) is 39.9. The third-order valence-electron chi connectivity index (χ3n) is 4.58. The van der Waals surface area contributed by atoms with E-state index in [0.29, 0.717) is 5.39 Å². The van der Waals surface area contributed by atoms with Gasteiger partial charge < -0.3 is 19.5 Å². The van der Waals surface area contributed by atoms with Crippen LogP contribution in [0.5, 0.6) is 5.75 Å². The number of carbonyl (C=O) groups is 2. The van der Waals surface area contributed by atoms with Crippen molar-refractivity contribution < 1.29 is 28.7 Å². The Labute approximate surface area is 209 Å². The molecule has 10 nitrogen and oxygen atoms in total. The summed E-state index contributed by atoms with van der Waals surface area (Å²) in [5.74, 6) is -0.511. The molecule has 0 aliphatic rings. The van der Waals surface area contributed by atoms with Gasteiger partial charge in [-0.2, -0.15) is 13.5 Å². The molecule has 1 aromatic heterocycles. The Morgan fingerprint density at radius 2 is 1.80 bits per heavy atom. The largest absolute Gasteiger partial charge is 0.455 e. The fraction of sp³-hybridized carbons (Fsp3) is 0.292. The van der Waals surface area contributed by atoms with Crippen molar-refractivity contribution in [3.05, 3.63) is 76.5 Å². The van der Waals surface area contributed by atoms with Crippen LogP contribution in [0, 0.1) is 10.1 Å². The molecule has 1 N–H and O–H groups in total. The molecule has 0 saturated carbocycles. The summed E-state index contributed by atoms with van der Waals surface area (Å²) in [6.45, 7) is 4.66. The molecule has 3 rings (SSSR count). The van der Waals surface area contributed by atoms with Crippen molar-refractivity contribution in [2.24, 2.45) is 0 Å². The van der Waals surface area contributed by atoms with Gasteiger partial charge in [-0.05, 0) is 44.5 Å². The van der Waals surface area contributed by atoms with E-state index < -0.39 is 35.4 Å². The van der Waals surface area contributed by atoms with Gasteiger partial charge in [0.15, 0.2) is 0 Å². The normalized spacial score (nSPS) is 11.6. The van der Waals surface area contributed by atoms with Crippen molar-refractivity contribution in [2.45, 2.75) is 38.8 Å². The minimum atomic E-state index is -1.02. The molecule has 1 heterocycles. The Bertz CT molecular complexity index is 1180. The molecule has 0 radical (unpaired) electrons. The van der Waals surface area contributed by atoms with Crippen molar-refractivity contribution in [3.8, 4) is 5.75 Å². The van der Waals surface area contributed by atoms with E-state index in [4.69, 9.17) is 14.2 Å². The molecule has 11 heteroatoms. The van der Waals surface area contributed by atoms with E-state index in [1.165, 1.54) is 18.3 Å². The van der Waals surface area contributed by atoms with Gasteiger partial charge in [0.1, 0.15) is 22.9 Å². The summed E-state index contributed by atoms with van der Waals surface area (Å²) in [5.41, 5.74) is 0.225. The molecule has 35 heavy (non-hydrogen) atoms. The second-order valence-corrected chi connectivity index (χ2v) is 8.35. The second-order valence-electron chi connectivity index (χ2n) is 8.35. The summed E-state index contributed by atoms with van der Waals surface area (Å²) in [5, 5.41) is 14.1. The molecule has 0 bridgehead atoms. The average Bonchev–Trinajstić information content (AvgIpc) is 2.78. The highest BCUT2D eigenvalue weighted by Gasteiger charge is 2.26. The molecule has 3 aromatic rings. The smallest absolute Gasteiger partial charge is 0.408 e. The standard InChI is InChI=1S/C24H25N3O7.H2S/c1-24(2,3)34-23(29)26-18(14-16-8-5-4-6-9-16)22(28)33-15-32-20-12-11-19(27(30)31)17-10-7-13-25-21(17)20;/h4-13,18H,14-15H2,1-3H3,(H,26,29);1H2/t18-;/m0./s1. The highest BCUT2D eigenvalue weighted by atomic mass is 32.1. The SMILES string of the molecule is CC(C)(C)OC(=O)N[C@@H](Cc1ccccc1)C(=O)OCOc1ccc([N+](=O)[O-])c2cccnc12.S. The van der Waals surface area contributed by atoms with Crippen LogP contribution in [-0.4, -0.2) is 40.4 Å². The Balaban J connectivity index is 0.00000432. The van der Waals surface area contributed by atoms with Gasteiger partial charge in [0, 0.05) is 18.7 Å². The van der Waals surface area contributed by atoms with Crippen LogP contribution < -0.4 is 10.1 Å². The molecule has 0 unspecified atom stereocenters. The van der Waals surface area contributed by atoms with Gasteiger partial charge in [-0.3, -0.25) is 15.1 Å². The van der Waals surface area contributed by atoms with Gasteiger partial charge >= 0.3 is 12.1 Å². The monoisotopic (exact) mass is 501 g/mol. The van der Waals surface area contributed by atoms with Gasteiger partial charge in [0.25, 0.3) is 5.69 Å². The number of hydrogen-bond donors (Lipinski definition) is 1. The number of alkyl carbamates (subject to hydrolysis) is 1. The Kier molecular flexibility index (Phi) is 9.41. The molecule has 1 amide bonds. The maximum Gasteiger partial charge on any atom is 0.408 e. The van der Waals surface area contributed by atoms with E-state index >= 15 is 0 Å². The first-order valence-electron chi connectivity index (χ1n) is 10.5. The lowest BCUT2D eigenvalue weighted by atomic mass is 10.1. The zero-order valence-corrected chi connectivity index (χ0v) is 20.5. The fourth-order valence-corrected chi connectivity index (χ4v) is 3.15. The molecule has 0 fully saturated rings. The number of nitrogens with one attached hydrogen (secondary N) is 1. The van der Waals surface area contributed by atoms with Crippen molar-refractivity contribution in [1.82, 2.24) is 10.3 Å². The Morgan fingerprint density at radius 3 is 2.46 bits per heavy atom. The van der Waals surface area contributed by atoms with Gasteiger partial charge in [0.2, 0.25) is 6.79 Å². The van der Waals surface area contributed by atoms with Crippen LogP contribution in [0.3, 0.4) is 0 Å². The lowest BCUT2D eigenvalue weighted by Crippen LogP contribution is -2.45. The Hall–Kier alpha value is -3.86. The number of hydrogen-bond acceptors (Lipinski definition) is 8. The number of carbonyl (C=O) groups excluding carboxylic acids is 2. The van der Waals surface area contributed by atoms with Gasteiger partial charge in [-0.15, -0.1) is 0 Å². The molecule has 0 spiro atoms. The number of aromatic nitrogens is 1. The third-order valence-corrected chi connectivity index (χ3v) is 4.58. The number of ether oxygens (including phenoxy) is 3. The van der Waals surface area contributed by atoms with E-state index in [9.17, 15) is 19.7 Å². The van der Waals surface area contributed by atoms with Crippen LogP contribution in [0.2, 0.25) is 0 Å². The van der Waals surface area contributed by atoms with E-state index in [-0.39, 0.29) is 36.9 Å². The minimum Gasteiger partial charge on any atom is -0.455 e. The second kappa shape index (κ2) is 12.0. The molecular weight excluding hydrogens is 474 g/mol. The number of benzene rings is 2. The third kappa shape index (κ3) is 7.85. The van der Waals surface area contributed by atoms with E-state index in [1.54, 1.807) is 32.9 Å². The molecular formula is C24H27N3O7S. The van der Waals surface area contributed by atoms with Crippen molar-refractivity contribution >= 4 is 42.1 Å². The van der Waals surface area contributed by atoms with E-state index in [0.717, 1.165) is 5.56 Å². The van der Waals surface area contributed by atoms with Gasteiger partial charge in [-0.1, -0.05) is 30.3 Å². The van der Waals surface area contributed by atoms with Crippen LogP contribution in [0.1, 0.15) is 26.3 Å². The van der Waals surface area contributed by atoms with Crippen LogP contribution >= 0.6 is 13.5 Å². The molecule has 0 aliphatic carbocycles. The van der Waals surface area contributed by atoms with Crippen molar-refractivity contribution in [3.63, 3.8) is 0 Å². The zero-order chi connectivity index (χ0) is 24.7. The number of nitro groups is 1. The number of non-ortho nitro benzene ring substituents is 1. The van der Waals surface area contributed by atoms with Gasteiger partial charge in [0.05, 0.1) is 10.3 Å². The topological polar surface area (TPSA) is 130 Å². The first kappa shape index (κ1) is 27.4. The van der Waals surface area contributed by atoms with E-state index in [2.05, 4.69) is 10.3 Å². The number of pyridine rings is 1.